The highest BCUT2D eigenvalue weighted by molar-refractivity contribution is 5.85. The van der Waals surface area contributed by atoms with E-state index in [-0.39, 0.29) is 12.4 Å². The average molecular weight is 275 g/mol. The summed E-state index contributed by atoms with van der Waals surface area (Å²) < 4.78 is 0. The summed E-state index contributed by atoms with van der Waals surface area (Å²) in [6, 6.07) is 0.835. The van der Waals surface area contributed by atoms with E-state index in [1.165, 1.54) is 64.6 Å². The maximum absolute atomic E-state index is 3.52. The molecule has 0 radical (unpaired) electrons. The number of rotatable bonds is 3. The van der Waals surface area contributed by atoms with Crippen LogP contribution in [0.15, 0.2) is 0 Å². The molecule has 2 aliphatic rings. The van der Waals surface area contributed by atoms with E-state index in [2.05, 4.69) is 24.2 Å². The first-order valence-corrected chi connectivity index (χ1v) is 7.66. The second-order valence-electron chi connectivity index (χ2n) is 6.41. The average Bonchev–Trinajstić information content (AvgIpc) is 2.57. The number of halogens is 1. The van der Waals surface area contributed by atoms with E-state index in [1.54, 1.807) is 0 Å². The molecular formula is C15H31ClN2. The lowest BCUT2D eigenvalue weighted by molar-refractivity contribution is 0.156. The molecule has 1 heterocycles. The standard InChI is InChI=1S/C15H30N2.ClH/c1-13-5-3-6-14(11-13)12-17(2)15-7-4-9-16-10-8-15;/h13-16H,3-12H2,1-2H3;1H. The van der Waals surface area contributed by atoms with Gasteiger partial charge in [-0.2, -0.15) is 0 Å². The van der Waals surface area contributed by atoms with E-state index in [9.17, 15) is 0 Å². The molecule has 1 saturated carbocycles. The predicted molar refractivity (Wildman–Crippen MR) is 81.5 cm³/mol. The highest BCUT2D eigenvalue weighted by atomic mass is 35.5. The summed E-state index contributed by atoms with van der Waals surface area (Å²) in [7, 11) is 2.36. The van der Waals surface area contributed by atoms with Crippen LogP contribution < -0.4 is 5.32 Å². The zero-order valence-electron chi connectivity index (χ0n) is 12.2. The van der Waals surface area contributed by atoms with Gasteiger partial charge in [0.15, 0.2) is 0 Å². The Hall–Kier alpha value is 0.210. The summed E-state index contributed by atoms with van der Waals surface area (Å²) in [5.41, 5.74) is 0. The van der Waals surface area contributed by atoms with Gasteiger partial charge in [0.2, 0.25) is 0 Å². The normalized spacial score (nSPS) is 33.8. The van der Waals surface area contributed by atoms with Crippen molar-refractivity contribution >= 4 is 12.4 Å². The van der Waals surface area contributed by atoms with E-state index in [0.29, 0.717) is 0 Å². The molecule has 3 atom stereocenters. The fourth-order valence-electron chi connectivity index (χ4n) is 3.72. The van der Waals surface area contributed by atoms with Gasteiger partial charge < -0.3 is 10.2 Å². The molecule has 1 aliphatic heterocycles. The number of hydrogen-bond acceptors (Lipinski definition) is 2. The number of nitrogens with one attached hydrogen (secondary N) is 1. The Morgan fingerprint density at radius 3 is 2.67 bits per heavy atom. The van der Waals surface area contributed by atoms with Crippen LogP contribution in [0.4, 0.5) is 0 Å². The minimum absolute atomic E-state index is 0. The first kappa shape index (κ1) is 16.3. The summed E-state index contributed by atoms with van der Waals surface area (Å²) in [6.07, 6.45) is 9.97. The van der Waals surface area contributed by atoms with Crippen LogP contribution in [-0.4, -0.2) is 37.6 Å². The van der Waals surface area contributed by atoms with Crippen molar-refractivity contribution in [2.24, 2.45) is 11.8 Å². The molecule has 2 fully saturated rings. The summed E-state index contributed by atoms with van der Waals surface area (Å²) in [5.74, 6) is 1.94. The van der Waals surface area contributed by atoms with Gasteiger partial charge in [0, 0.05) is 12.6 Å². The molecule has 108 valence electrons. The maximum Gasteiger partial charge on any atom is 0.0105 e. The van der Waals surface area contributed by atoms with Gasteiger partial charge >= 0.3 is 0 Å². The van der Waals surface area contributed by atoms with Crippen molar-refractivity contribution in [2.45, 2.75) is 57.9 Å². The van der Waals surface area contributed by atoms with Crippen LogP contribution in [0.25, 0.3) is 0 Å². The SMILES string of the molecule is CC1CCCC(CN(C)C2CCCNCC2)C1.Cl. The molecule has 3 heteroatoms. The van der Waals surface area contributed by atoms with Crippen LogP contribution in [0.2, 0.25) is 0 Å². The molecule has 0 spiro atoms. The van der Waals surface area contributed by atoms with Crippen molar-refractivity contribution in [3.8, 4) is 0 Å². The third-order valence-electron chi connectivity index (χ3n) is 4.76. The summed E-state index contributed by atoms with van der Waals surface area (Å²) in [6.45, 7) is 6.22. The lowest BCUT2D eigenvalue weighted by Gasteiger charge is -2.34. The van der Waals surface area contributed by atoms with Gasteiger partial charge in [-0.05, 0) is 64.1 Å². The number of nitrogens with zero attached hydrogens (tertiary/aromatic N) is 1. The van der Waals surface area contributed by atoms with Gasteiger partial charge in [-0.1, -0.05) is 19.8 Å². The zero-order valence-corrected chi connectivity index (χ0v) is 13.0. The minimum Gasteiger partial charge on any atom is -0.317 e. The van der Waals surface area contributed by atoms with Crippen molar-refractivity contribution in [1.82, 2.24) is 10.2 Å². The van der Waals surface area contributed by atoms with Gasteiger partial charge in [0.1, 0.15) is 0 Å². The molecule has 0 bridgehead atoms. The van der Waals surface area contributed by atoms with E-state index >= 15 is 0 Å². The van der Waals surface area contributed by atoms with Crippen molar-refractivity contribution in [2.75, 3.05) is 26.7 Å². The molecule has 0 aromatic carbocycles. The second kappa shape index (κ2) is 8.39. The lowest BCUT2D eigenvalue weighted by atomic mass is 9.82. The first-order valence-electron chi connectivity index (χ1n) is 7.66. The van der Waals surface area contributed by atoms with Crippen LogP contribution in [-0.2, 0) is 0 Å². The highest BCUT2D eigenvalue weighted by Gasteiger charge is 2.23. The van der Waals surface area contributed by atoms with Gasteiger partial charge in [-0.3, -0.25) is 0 Å². The molecule has 1 N–H and O–H groups in total. The molecule has 1 aliphatic carbocycles. The molecule has 1 saturated heterocycles. The quantitative estimate of drug-likeness (QED) is 0.849. The van der Waals surface area contributed by atoms with Crippen molar-refractivity contribution in [1.29, 1.82) is 0 Å². The summed E-state index contributed by atoms with van der Waals surface area (Å²) >= 11 is 0. The van der Waals surface area contributed by atoms with Gasteiger partial charge in [0.05, 0.1) is 0 Å². The van der Waals surface area contributed by atoms with Crippen LogP contribution in [0.5, 0.6) is 0 Å². The highest BCUT2D eigenvalue weighted by Crippen LogP contribution is 2.29. The van der Waals surface area contributed by atoms with E-state index in [4.69, 9.17) is 0 Å². The molecule has 0 aromatic rings. The smallest absolute Gasteiger partial charge is 0.0105 e. The van der Waals surface area contributed by atoms with E-state index in [1.807, 2.05) is 0 Å². The zero-order chi connectivity index (χ0) is 12.1. The Morgan fingerprint density at radius 1 is 1.06 bits per heavy atom. The lowest BCUT2D eigenvalue weighted by Crippen LogP contribution is -2.37. The Kier molecular flexibility index (Phi) is 7.59. The Labute approximate surface area is 119 Å². The second-order valence-corrected chi connectivity index (χ2v) is 6.41. The van der Waals surface area contributed by atoms with Crippen molar-refractivity contribution in [3.05, 3.63) is 0 Å². The van der Waals surface area contributed by atoms with E-state index < -0.39 is 0 Å². The molecule has 18 heavy (non-hydrogen) atoms. The molecular weight excluding hydrogens is 244 g/mol. The van der Waals surface area contributed by atoms with Gasteiger partial charge in [-0.25, -0.2) is 0 Å². The molecule has 2 nitrogen and oxygen atoms in total. The Bertz CT molecular complexity index is 215. The molecule has 2 rings (SSSR count). The van der Waals surface area contributed by atoms with Crippen molar-refractivity contribution in [3.63, 3.8) is 0 Å². The number of hydrogen-bond donors (Lipinski definition) is 1. The maximum atomic E-state index is 3.52. The Morgan fingerprint density at radius 2 is 1.89 bits per heavy atom. The third-order valence-corrected chi connectivity index (χ3v) is 4.76. The fourth-order valence-corrected chi connectivity index (χ4v) is 3.72. The predicted octanol–water partition coefficient (Wildman–Crippen LogP) is 3.31. The monoisotopic (exact) mass is 274 g/mol. The minimum atomic E-state index is 0. The summed E-state index contributed by atoms with van der Waals surface area (Å²) in [4.78, 5) is 2.66. The topological polar surface area (TPSA) is 15.3 Å². The first-order chi connectivity index (χ1) is 8.25. The third kappa shape index (κ3) is 5.07. The molecule has 3 unspecified atom stereocenters. The largest absolute Gasteiger partial charge is 0.317 e. The molecule has 0 amide bonds. The summed E-state index contributed by atoms with van der Waals surface area (Å²) in [5, 5.41) is 3.52. The van der Waals surface area contributed by atoms with Gasteiger partial charge in [-0.15, -0.1) is 12.4 Å². The van der Waals surface area contributed by atoms with Crippen LogP contribution in [0, 0.1) is 11.8 Å². The fraction of sp³-hybridized carbons (Fsp3) is 1.00. The van der Waals surface area contributed by atoms with E-state index in [0.717, 1.165) is 17.9 Å². The van der Waals surface area contributed by atoms with Gasteiger partial charge in [0.25, 0.3) is 0 Å². The van der Waals surface area contributed by atoms with Crippen LogP contribution in [0.1, 0.15) is 51.9 Å². The van der Waals surface area contributed by atoms with Crippen molar-refractivity contribution < 1.29 is 0 Å². The molecule has 0 aromatic heterocycles. The Balaban J connectivity index is 0.00000162. The van der Waals surface area contributed by atoms with Crippen LogP contribution in [0.3, 0.4) is 0 Å². The van der Waals surface area contributed by atoms with Crippen LogP contribution >= 0.6 is 12.4 Å².